The van der Waals surface area contributed by atoms with Gasteiger partial charge in [0.1, 0.15) is 5.82 Å². The molecule has 1 aromatic rings. The van der Waals surface area contributed by atoms with Crippen LogP contribution in [0.1, 0.15) is 56.9 Å². The number of benzene rings is 1. The van der Waals surface area contributed by atoms with Gasteiger partial charge in [-0.3, -0.25) is 9.59 Å². The van der Waals surface area contributed by atoms with E-state index < -0.39 is 23.5 Å². The molecule has 0 bridgehead atoms. The van der Waals surface area contributed by atoms with Gasteiger partial charge in [0, 0.05) is 43.6 Å². The summed E-state index contributed by atoms with van der Waals surface area (Å²) in [5.74, 6) is -3.28. The minimum Gasteiger partial charge on any atom is -0.354 e. The van der Waals surface area contributed by atoms with E-state index in [4.69, 9.17) is 5.73 Å². The van der Waals surface area contributed by atoms with E-state index in [2.05, 4.69) is 5.32 Å². The molecular weight excluding hydrogens is 395 g/mol. The SMILES string of the molecule is NC(CC(=O)N1CCCC[C@H]1CNC(=O)C1CCCC1)Cc1cc(F)c(F)cc1F. The molecule has 2 aliphatic rings. The lowest BCUT2D eigenvalue weighted by Gasteiger charge is -2.36. The summed E-state index contributed by atoms with van der Waals surface area (Å²) in [6.07, 6.45) is 6.61. The molecule has 166 valence electrons. The zero-order valence-corrected chi connectivity index (χ0v) is 17.1. The summed E-state index contributed by atoms with van der Waals surface area (Å²) < 4.78 is 40.3. The Morgan fingerprint density at radius 1 is 1.03 bits per heavy atom. The summed E-state index contributed by atoms with van der Waals surface area (Å²) in [6.45, 7) is 1.02. The number of carbonyl (C=O) groups excluding carboxylic acids is 2. The standard InChI is InChI=1S/C22H30F3N3O2/c23-18-12-20(25)19(24)10-15(18)9-16(26)11-21(29)28-8-4-3-7-17(28)13-27-22(30)14-5-1-2-6-14/h10,12,14,16-17H,1-9,11,13,26H2,(H,27,30)/t16?,17-/m0/s1. The topological polar surface area (TPSA) is 75.4 Å². The highest BCUT2D eigenvalue weighted by molar-refractivity contribution is 5.79. The third kappa shape index (κ3) is 5.74. The van der Waals surface area contributed by atoms with Crippen LogP contribution in [0.15, 0.2) is 12.1 Å². The average molecular weight is 425 g/mol. The Bertz CT molecular complexity index is 768. The Morgan fingerprint density at radius 2 is 1.70 bits per heavy atom. The van der Waals surface area contributed by atoms with Gasteiger partial charge in [-0.25, -0.2) is 13.2 Å². The largest absolute Gasteiger partial charge is 0.354 e. The van der Waals surface area contributed by atoms with Crippen molar-refractivity contribution in [2.45, 2.75) is 69.9 Å². The van der Waals surface area contributed by atoms with Gasteiger partial charge in [-0.05, 0) is 50.2 Å². The van der Waals surface area contributed by atoms with Gasteiger partial charge in [0.2, 0.25) is 11.8 Å². The van der Waals surface area contributed by atoms with E-state index in [1.54, 1.807) is 4.90 Å². The fourth-order valence-corrected chi connectivity index (χ4v) is 4.51. The van der Waals surface area contributed by atoms with Crippen LogP contribution in [0.5, 0.6) is 0 Å². The molecule has 1 unspecified atom stereocenters. The first kappa shape index (κ1) is 22.6. The number of amides is 2. The minimum absolute atomic E-state index is 0.0223. The molecule has 2 amide bonds. The van der Waals surface area contributed by atoms with Crippen LogP contribution in [0.3, 0.4) is 0 Å². The first-order chi connectivity index (χ1) is 14.3. The van der Waals surface area contributed by atoms with Crippen LogP contribution < -0.4 is 11.1 Å². The van der Waals surface area contributed by atoms with E-state index in [0.29, 0.717) is 19.2 Å². The minimum atomic E-state index is -1.25. The van der Waals surface area contributed by atoms with Crippen LogP contribution in [0.25, 0.3) is 0 Å². The van der Waals surface area contributed by atoms with Gasteiger partial charge in [0.25, 0.3) is 0 Å². The summed E-state index contributed by atoms with van der Waals surface area (Å²) in [4.78, 5) is 26.9. The number of carbonyl (C=O) groups is 2. The molecule has 2 atom stereocenters. The van der Waals surface area contributed by atoms with Crippen LogP contribution in [-0.2, 0) is 16.0 Å². The Morgan fingerprint density at radius 3 is 2.43 bits per heavy atom. The summed E-state index contributed by atoms with van der Waals surface area (Å²) in [7, 11) is 0. The maximum absolute atomic E-state index is 13.9. The van der Waals surface area contributed by atoms with E-state index in [1.165, 1.54) is 0 Å². The van der Waals surface area contributed by atoms with Crippen LogP contribution in [-0.4, -0.2) is 41.9 Å². The molecule has 8 heteroatoms. The van der Waals surface area contributed by atoms with Crippen LogP contribution in [0.2, 0.25) is 0 Å². The average Bonchev–Trinajstić information content (AvgIpc) is 3.25. The van der Waals surface area contributed by atoms with Crippen molar-refractivity contribution in [2.75, 3.05) is 13.1 Å². The summed E-state index contributed by atoms with van der Waals surface area (Å²) in [6, 6.07) is 0.487. The lowest BCUT2D eigenvalue weighted by Crippen LogP contribution is -2.51. The molecule has 0 radical (unpaired) electrons. The van der Waals surface area contributed by atoms with Crippen molar-refractivity contribution in [2.24, 2.45) is 11.7 Å². The Labute approximate surface area is 175 Å². The molecule has 1 aromatic carbocycles. The summed E-state index contributed by atoms with van der Waals surface area (Å²) >= 11 is 0. The maximum Gasteiger partial charge on any atom is 0.224 e. The molecule has 3 rings (SSSR count). The van der Waals surface area contributed by atoms with E-state index in [-0.39, 0.29) is 42.2 Å². The molecule has 3 N–H and O–H groups in total. The van der Waals surface area contributed by atoms with Gasteiger partial charge in [-0.15, -0.1) is 0 Å². The number of rotatable bonds is 7. The first-order valence-corrected chi connectivity index (χ1v) is 10.8. The quantitative estimate of drug-likeness (QED) is 0.660. The smallest absolute Gasteiger partial charge is 0.224 e. The van der Waals surface area contributed by atoms with Gasteiger partial charge < -0.3 is 16.0 Å². The maximum atomic E-state index is 13.9. The van der Waals surface area contributed by atoms with Crippen molar-refractivity contribution >= 4 is 11.8 Å². The van der Waals surface area contributed by atoms with E-state index >= 15 is 0 Å². The normalized spacial score (nSPS) is 20.9. The molecule has 5 nitrogen and oxygen atoms in total. The number of hydrogen-bond donors (Lipinski definition) is 2. The highest BCUT2D eigenvalue weighted by Crippen LogP contribution is 2.25. The van der Waals surface area contributed by atoms with Gasteiger partial charge in [-0.1, -0.05) is 12.8 Å². The third-order valence-corrected chi connectivity index (χ3v) is 6.19. The van der Waals surface area contributed by atoms with Crippen molar-refractivity contribution in [1.82, 2.24) is 10.2 Å². The zero-order valence-electron chi connectivity index (χ0n) is 17.1. The van der Waals surface area contributed by atoms with E-state index in [1.807, 2.05) is 0 Å². The molecule has 2 fully saturated rings. The molecule has 1 heterocycles. The number of nitrogens with one attached hydrogen (secondary N) is 1. The van der Waals surface area contributed by atoms with Crippen molar-refractivity contribution in [3.63, 3.8) is 0 Å². The molecule has 1 saturated carbocycles. The first-order valence-electron chi connectivity index (χ1n) is 10.8. The van der Waals surface area contributed by atoms with E-state index in [0.717, 1.165) is 51.0 Å². The summed E-state index contributed by atoms with van der Waals surface area (Å²) in [5, 5.41) is 3.00. The second kappa shape index (κ2) is 10.3. The number of halogens is 3. The second-order valence-corrected chi connectivity index (χ2v) is 8.49. The Balaban J connectivity index is 1.54. The van der Waals surface area contributed by atoms with Gasteiger partial charge in [0.05, 0.1) is 0 Å². The number of nitrogens with zero attached hydrogens (tertiary/aromatic N) is 1. The number of nitrogens with two attached hydrogens (primary N) is 1. The second-order valence-electron chi connectivity index (χ2n) is 8.49. The zero-order chi connectivity index (χ0) is 21.7. The van der Waals surface area contributed by atoms with Crippen LogP contribution >= 0.6 is 0 Å². The molecule has 30 heavy (non-hydrogen) atoms. The van der Waals surface area contributed by atoms with Crippen molar-refractivity contribution in [1.29, 1.82) is 0 Å². The molecule has 0 aromatic heterocycles. The van der Waals surface area contributed by atoms with Crippen LogP contribution in [0, 0.1) is 23.4 Å². The molecule has 0 spiro atoms. The molecular formula is C22H30F3N3O2. The Hall–Kier alpha value is -2.09. The molecule has 1 saturated heterocycles. The lowest BCUT2D eigenvalue weighted by molar-refractivity contribution is -0.136. The number of hydrogen-bond acceptors (Lipinski definition) is 3. The van der Waals surface area contributed by atoms with Crippen molar-refractivity contribution in [3.8, 4) is 0 Å². The monoisotopic (exact) mass is 425 g/mol. The predicted molar refractivity (Wildman–Crippen MR) is 107 cm³/mol. The van der Waals surface area contributed by atoms with Gasteiger partial charge >= 0.3 is 0 Å². The third-order valence-electron chi connectivity index (χ3n) is 6.19. The van der Waals surface area contributed by atoms with Gasteiger partial charge in [-0.2, -0.15) is 0 Å². The Kier molecular flexibility index (Phi) is 7.75. The summed E-state index contributed by atoms with van der Waals surface area (Å²) in [5.41, 5.74) is 5.97. The van der Waals surface area contributed by atoms with Gasteiger partial charge in [0.15, 0.2) is 11.6 Å². The highest BCUT2D eigenvalue weighted by Gasteiger charge is 2.29. The number of likely N-dealkylation sites (tertiary alicyclic amines) is 1. The fraction of sp³-hybridized carbons (Fsp3) is 0.636. The highest BCUT2D eigenvalue weighted by atomic mass is 19.2. The lowest BCUT2D eigenvalue weighted by atomic mass is 9.98. The molecule has 1 aliphatic heterocycles. The van der Waals surface area contributed by atoms with Crippen LogP contribution in [0.4, 0.5) is 13.2 Å². The number of piperidine rings is 1. The predicted octanol–water partition coefficient (Wildman–Crippen LogP) is 3.05. The molecule has 1 aliphatic carbocycles. The van der Waals surface area contributed by atoms with Crippen molar-refractivity contribution in [3.05, 3.63) is 35.1 Å². The fourth-order valence-electron chi connectivity index (χ4n) is 4.51. The van der Waals surface area contributed by atoms with Crippen molar-refractivity contribution < 1.29 is 22.8 Å². The van der Waals surface area contributed by atoms with E-state index in [9.17, 15) is 22.8 Å².